The lowest BCUT2D eigenvalue weighted by Crippen LogP contribution is -2.25. The maximum Gasteiger partial charge on any atom is 0.162 e. The van der Waals surface area contributed by atoms with Crippen molar-refractivity contribution in [1.82, 2.24) is 5.32 Å². The second-order valence-electron chi connectivity index (χ2n) is 4.48. The topological polar surface area (TPSA) is 21.3 Å². The summed E-state index contributed by atoms with van der Waals surface area (Å²) < 4.78 is 31.4. The van der Waals surface area contributed by atoms with Crippen LogP contribution in [0.4, 0.5) is 8.78 Å². The van der Waals surface area contributed by atoms with Gasteiger partial charge in [0.1, 0.15) is 5.75 Å². The maximum atomic E-state index is 13.0. The molecule has 1 rings (SSSR count). The van der Waals surface area contributed by atoms with E-state index in [0.29, 0.717) is 24.0 Å². The van der Waals surface area contributed by atoms with Crippen molar-refractivity contribution in [3.63, 3.8) is 0 Å². The largest absolute Gasteiger partial charge is 0.493 e. The molecule has 0 saturated carbocycles. The van der Waals surface area contributed by atoms with Gasteiger partial charge in [0.15, 0.2) is 11.6 Å². The van der Waals surface area contributed by atoms with Crippen LogP contribution in [0.25, 0.3) is 0 Å². The van der Waals surface area contributed by atoms with Gasteiger partial charge in [0.25, 0.3) is 0 Å². The van der Waals surface area contributed by atoms with E-state index in [4.69, 9.17) is 4.74 Å². The van der Waals surface area contributed by atoms with E-state index >= 15 is 0 Å². The molecule has 0 fully saturated rings. The minimum Gasteiger partial charge on any atom is -0.493 e. The zero-order chi connectivity index (χ0) is 13.5. The molecule has 0 radical (unpaired) electrons. The van der Waals surface area contributed by atoms with Gasteiger partial charge in [-0.1, -0.05) is 6.92 Å². The predicted molar refractivity (Wildman–Crippen MR) is 69.0 cm³/mol. The molecule has 0 saturated heterocycles. The van der Waals surface area contributed by atoms with Gasteiger partial charge in [-0.05, 0) is 44.9 Å². The smallest absolute Gasteiger partial charge is 0.162 e. The van der Waals surface area contributed by atoms with Crippen LogP contribution in [0.5, 0.6) is 5.75 Å². The minimum atomic E-state index is -0.864. The van der Waals surface area contributed by atoms with Crippen molar-refractivity contribution >= 4 is 0 Å². The standard InChI is InChI=1S/C14H21F2NO/c1-4-17-11(3)6-5-7-18-14-9-13(16)12(15)8-10(14)2/h8-9,11,17H,4-7H2,1-3H3. The number of benzene rings is 1. The first kappa shape index (κ1) is 14.9. The van der Waals surface area contributed by atoms with Crippen molar-refractivity contribution in [2.45, 2.75) is 39.7 Å². The van der Waals surface area contributed by atoms with E-state index in [1.54, 1.807) is 6.92 Å². The maximum absolute atomic E-state index is 13.0. The first-order valence-electron chi connectivity index (χ1n) is 6.36. The lowest BCUT2D eigenvalue weighted by molar-refractivity contribution is 0.294. The van der Waals surface area contributed by atoms with E-state index in [0.717, 1.165) is 31.5 Å². The molecule has 2 nitrogen and oxygen atoms in total. The minimum absolute atomic E-state index is 0.421. The Bertz CT molecular complexity index is 382. The van der Waals surface area contributed by atoms with Crippen LogP contribution in [0.1, 0.15) is 32.3 Å². The van der Waals surface area contributed by atoms with E-state index < -0.39 is 11.6 Å². The van der Waals surface area contributed by atoms with Crippen molar-refractivity contribution in [2.75, 3.05) is 13.2 Å². The van der Waals surface area contributed by atoms with Gasteiger partial charge in [0.2, 0.25) is 0 Å². The quantitative estimate of drug-likeness (QED) is 0.756. The molecule has 0 aliphatic heterocycles. The van der Waals surface area contributed by atoms with E-state index in [1.165, 1.54) is 0 Å². The summed E-state index contributed by atoms with van der Waals surface area (Å²) in [4.78, 5) is 0. The monoisotopic (exact) mass is 257 g/mol. The van der Waals surface area contributed by atoms with E-state index in [-0.39, 0.29) is 0 Å². The fraction of sp³-hybridized carbons (Fsp3) is 0.571. The summed E-state index contributed by atoms with van der Waals surface area (Å²) in [7, 11) is 0. The summed E-state index contributed by atoms with van der Waals surface area (Å²) in [5.41, 5.74) is 0.619. The summed E-state index contributed by atoms with van der Waals surface area (Å²) in [6.07, 6.45) is 1.88. The molecular formula is C14H21F2NO. The Balaban J connectivity index is 2.38. The molecule has 1 aromatic rings. The highest BCUT2D eigenvalue weighted by Crippen LogP contribution is 2.21. The molecule has 1 atom stereocenters. The number of ether oxygens (including phenoxy) is 1. The first-order valence-corrected chi connectivity index (χ1v) is 6.36. The van der Waals surface area contributed by atoms with Crippen molar-refractivity contribution < 1.29 is 13.5 Å². The zero-order valence-corrected chi connectivity index (χ0v) is 11.2. The van der Waals surface area contributed by atoms with Crippen molar-refractivity contribution in [3.05, 3.63) is 29.3 Å². The van der Waals surface area contributed by atoms with Gasteiger partial charge in [-0.2, -0.15) is 0 Å². The third-order valence-corrected chi connectivity index (χ3v) is 2.81. The number of hydrogen-bond donors (Lipinski definition) is 1. The lowest BCUT2D eigenvalue weighted by Gasteiger charge is -2.13. The molecule has 1 aromatic carbocycles. The van der Waals surface area contributed by atoms with Crippen LogP contribution in [0, 0.1) is 18.6 Å². The van der Waals surface area contributed by atoms with Crippen molar-refractivity contribution in [3.8, 4) is 5.75 Å². The average Bonchev–Trinajstić information content (AvgIpc) is 2.31. The van der Waals surface area contributed by atoms with Gasteiger partial charge in [-0.3, -0.25) is 0 Å². The normalized spacial score (nSPS) is 12.5. The second-order valence-corrected chi connectivity index (χ2v) is 4.48. The molecule has 0 amide bonds. The molecule has 102 valence electrons. The van der Waals surface area contributed by atoms with Gasteiger partial charge in [-0.15, -0.1) is 0 Å². The van der Waals surface area contributed by atoms with Crippen LogP contribution < -0.4 is 10.1 Å². The summed E-state index contributed by atoms with van der Waals surface area (Å²) in [5.74, 6) is -1.28. The fourth-order valence-electron chi connectivity index (χ4n) is 1.81. The summed E-state index contributed by atoms with van der Waals surface area (Å²) in [5, 5.41) is 3.31. The van der Waals surface area contributed by atoms with Gasteiger partial charge in [0, 0.05) is 12.1 Å². The Morgan fingerprint density at radius 3 is 2.61 bits per heavy atom. The third kappa shape index (κ3) is 4.61. The van der Waals surface area contributed by atoms with Crippen LogP contribution >= 0.6 is 0 Å². The van der Waals surface area contributed by atoms with Crippen molar-refractivity contribution in [2.24, 2.45) is 0 Å². The molecular weight excluding hydrogens is 236 g/mol. The van der Waals surface area contributed by atoms with Crippen LogP contribution in [-0.2, 0) is 0 Å². The first-order chi connectivity index (χ1) is 8.54. The van der Waals surface area contributed by atoms with E-state index in [9.17, 15) is 8.78 Å². The van der Waals surface area contributed by atoms with Crippen LogP contribution in [0.15, 0.2) is 12.1 Å². The Hall–Kier alpha value is -1.16. The molecule has 0 spiro atoms. The molecule has 0 aliphatic rings. The predicted octanol–water partition coefficient (Wildman–Crippen LogP) is 3.43. The van der Waals surface area contributed by atoms with Gasteiger partial charge in [-0.25, -0.2) is 8.78 Å². The van der Waals surface area contributed by atoms with Gasteiger partial charge >= 0.3 is 0 Å². The van der Waals surface area contributed by atoms with E-state index in [2.05, 4.69) is 19.2 Å². The number of nitrogens with one attached hydrogen (secondary N) is 1. The molecule has 0 aliphatic carbocycles. The van der Waals surface area contributed by atoms with Gasteiger partial charge < -0.3 is 10.1 Å². The number of aryl methyl sites for hydroxylation is 1. The molecule has 0 heterocycles. The zero-order valence-electron chi connectivity index (χ0n) is 11.2. The number of halogens is 2. The fourth-order valence-corrected chi connectivity index (χ4v) is 1.81. The SMILES string of the molecule is CCNC(C)CCCOc1cc(F)c(F)cc1C. The van der Waals surface area contributed by atoms with Crippen LogP contribution in [0.3, 0.4) is 0 Å². The van der Waals surface area contributed by atoms with Crippen LogP contribution in [-0.4, -0.2) is 19.2 Å². The molecule has 4 heteroatoms. The van der Waals surface area contributed by atoms with E-state index in [1.807, 2.05) is 0 Å². The summed E-state index contributed by atoms with van der Waals surface area (Å²) in [6.45, 7) is 7.36. The highest BCUT2D eigenvalue weighted by molar-refractivity contribution is 5.33. The Morgan fingerprint density at radius 1 is 1.28 bits per heavy atom. The highest BCUT2D eigenvalue weighted by atomic mass is 19.2. The second kappa shape index (κ2) is 7.31. The average molecular weight is 257 g/mol. The van der Waals surface area contributed by atoms with Crippen molar-refractivity contribution in [1.29, 1.82) is 0 Å². The molecule has 0 bridgehead atoms. The Labute approximate surface area is 107 Å². The number of rotatable bonds is 7. The van der Waals surface area contributed by atoms with Crippen LogP contribution in [0.2, 0.25) is 0 Å². The lowest BCUT2D eigenvalue weighted by atomic mass is 10.2. The highest BCUT2D eigenvalue weighted by Gasteiger charge is 2.08. The molecule has 18 heavy (non-hydrogen) atoms. The van der Waals surface area contributed by atoms with Gasteiger partial charge in [0.05, 0.1) is 6.61 Å². The molecule has 1 unspecified atom stereocenters. The third-order valence-electron chi connectivity index (χ3n) is 2.81. The Kier molecular flexibility index (Phi) is 6.05. The molecule has 0 aromatic heterocycles. The summed E-state index contributed by atoms with van der Waals surface area (Å²) >= 11 is 0. The summed E-state index contributed by atoms with van der Waals surface area (Å²) in [6, 6.07) is 2.72. The Morgan fingerprint density at radius 2 is 1.94 bits per heavy atom. The number of hydrogen-bond acceptors (Lipinski definition) is 2. The molecule has 1 N–H and O–H groups in total.